The second-order valence-corrected chi connectivity index (χ2v) is 5.75. The van der Waals surface area contributed by atoms with Crippen LogP contribution in [0, 0.1) is 0 Å². The molecule has 110 valence electrons. The van der Waals surface area contributed by atoms with Crippen LogP contribution in [0.5, 0.6) is 5.88 Å². The van der Waals surface area contributed by atoms with Gasteiger partial charge in [-0.05, 0) is 17.9 Å². The van der Waals surface area contributed by atoms with Crippen LogP contribution in [0.1, 0.15) is 45.4 Å². The van der Waals surface area contributed by atoms with Gasteiger partial charge in [0.1, 0.15) is 4.83 Å². The molecule has 0 aliphatic rings. The molecule has 1 N–H and O–H groups in total. The lowest BCUT2D eigenvalue weighted by Crippen LogP contribution is -2.03. The van der Waals surface area contributed by atoms with Crippen molar-refractivity contribution < 1.29 is 4.74 Å². The average Bonchev–Trinajstić information content (AvgIpc) is 2.94. The molecule has 2 aromatic heterocycles. The monoisotopic (exact) mass is 293 g/mol. The summed E-state index contributed by atoms with van der Waals surface area (Å²) in [5.41, 5.74) is 0. The van der Waals surface area contributed by atoms with Crippen LogP contribution in [0.3, 0.4) is 0 Å². The van der Waals surface area contributed by atoms with Crippen molar-refractivity contribution in [1.82, 2.24) is 9.97 Å². The quantitative estimate of drug-likeness (QED) is 0.693. The molecule has 0 amide bonds. The molecule has 0 spiro atoms. The molecule has 0 aliphatic heterocycles. The highest BCUT2D eigenvalue weighted by Crippen LogP contribution is 2.28. The standard InChI is InChI=1S/C15H23N3OS/c1-3-4-5-6-7-8-10-19-13-12-9-11-20-14(12)18-15(16-2)17-13/h9,11H,3-8,10H2,1-2H3,(H,16,17,18). The Balaban J connectivity index is 1.84. The highest BCUT2D eigenvalue weighted by molar-refractivity contribution is 7.16. The maximum atomic E-state index is 5.84. The summed E-state index contributed by atoms with van der Waals surface area (Å²) in [6.45, 7) is 2.97. The summed E-state index contributed by atoms with van der Waals surface area (Å²) in [7, 11) is 1.83. The van der Waals surface area contributed by atoms with Gasteiger partial charge in [0, 0.05) is 7.05 Å². The minimum Gasteiger partial charge on any atom is -0.477 e. The van der Waals surface area contributed by atoms with E-state index in [-0.39, 0.29) is 0 Å². The number of rotatable bonds is 9. The lowest BCUT2D eigenvalue weighted by Gasteiger charge is -2.08. The van der Waals surface area contributed by atoms with E-state index in [4.69, 9.17) is 4.74 Å². The Labute approximate surface area is 124 Å². The molecule has 0 radical (unpaired) electrons. The van der Waals surface area contributed by atoms with E-state index in [1.165, 1.54) is 32.1 Å². The van der Waals surface area contributed by atoms with E-state index in [2.05, 4.69) is 22.2 Å². The number of unbranched alkanes of at least 4 members (excludes halogenated alkanes) is 5. The van der Waals surface area contributed by atoms with E-state index in [0.29, 0.717) is 11.8 Å². The van der Waals surface area contributed by atoms with Crippen LogP contribution in [0.15, 0.2) is 11.4 Å². The summed E-state index contributed by atoms with van der Waals surface area (Å²) in [5, 5.41) is 6.02. The summed E-state index contributed by atoms with van der Waals surface area (Å²) in [4.78, 5) is 9.78. The fourth-order valence-corrected chi connectivity index (χ4v) is 2.86. The lowest BCUT2D eigenvalue weighted by molar-refractivity contribution is 0.297. The molecule has 0 aliphatic carbocycles. The number of anilines is 1. The highest BCUT2D eigenvalue weighted by Gasteiger charge is 2.09. The third-order valence-corrected chi connectivity index (χ3v) is 4.06. The van der Waals surface area contributed by atoms with Gasteiger partial charge in [-0.25, -0.2) is 4.98 Å². The van der Waals surface area contributed by atoms with E-state index in [9.17, 15) is 0 Å². The number of fused-ring (bicyclic) bond motifs is 1. The highest BCUT2D eigenvalue weighted by atomic mass is 32.1. The third-order valence-electron chi connectivity index (χ3n) is 3.25. The van der Waals surface area contributed by atoms with Gasteiger partial charge >= 0.3 is 0 Å². The molecular weight excluding hydrogens is 270 g/mol. The molecule has 0 atom stereocenters. The molecule has 0 saturated heterocycles. The molecule has 2 heterocycles. The maximum Gasteiger partial charge on any atom is 0.227 e. The number of aromatic nitrogens is 2. The minimum absolute atomic E-state index is 0.623. The number of nitrogens with zero attached hydrogens (tertiary/aromatic N) is 2. The lowest BCUT2D eigenvalue weighted by atomic mass is 10.1. The number of thiophene rings is 1. The first-order chi connectivity index (χ1) is 9.85. The summed E-state index contributed by atoms with van der Waals surface area (Å²) in [5.74, 6) is 1.33. The van der Waals surface area contributed by atoms with Crippen LogP contribution >= 0.6 is 11.3 Å². The van der Waals surface area contributed by atoms with Crippen molar-refractivity contribution in [3.8, 4) is 5.88 Å². The van der Waals surface area contributed by atoms with Gasteiger partial charge in [-0.15, -0.1) is 11.3 Å². The third kappa shape index (κ3) is 4.07. The Bertz CT molecular complexity index is 527. The van der Waals surface area contributed by atoms with Gasteiger partial charge in [-0.1, -0.05) is 39.0 Å². The SMILES string of the molecule is CCCCCCCCOc1nc(NC)nc2sccc12. The van der Waals surface area contributed by atoms with Gasteiger partial charge in [0.25, 0.3) is 0 Å². The Morgan fingerprint density at radius 1 is 1.15 bits per heavy atom. The van der Waals surface area contributed by atoms with Crippen molar-refractivity contribution in [2.24, 2.45) is 0 Å². The first kappa shape index (κ1) is 15.0. The summed E-state index contributed by atoms with van der Waals surface area (Å²) >= 11 is 1.61. The molecule has 0 aromatic carbocycles. The van der Waals surface area contributed by atoms with Gasteiger partial charge in [-0.2, -0.15) is 4.98 Å². The Kier molecular flexibility index (Phi) is 6.05. The topological polar surface area (TPSA) is 47.0 Å². The zero-order valence-electron chi connectivity index (χ0n) is 12.3. The van der Waals surface area contributed by atoms with Gasteiger partial charge in [0.15, 0.2) is 0 Å². The van der Waals surface area contributed by atoms with Gasteiger partial charge < -0.3 is 10.1 Å². The molecule has 4 nitrogen and oxygen atoms in total. The van der Waals surface area contributed by atoms with E-state index < -0.39 is 0 Å². The van der Waals surface area contributed by atoms with Crippen molar-refractivity contribution >= 4 is 27.5 Å². The molecule has 2 aromatic rings. The molecule has 0 saturated carbocycles. The van der Waals surface area contributed by atoms with Crippen LogP contribution in [-0.2, 0) is 0 Å². The first-order valence-corrected chi connectivity index (χ1v) is 8.29. The van der Waals surface area contributed by atoms with Gasteiger partial charge in [0.05, 0.1) is 12.0 Å². The molecule has 0 unspecified atom stereocenters. The van der Waals surface area contributed by atoms with Gasteiger partial charge in [0.2, 0.25) is 11.8 Å². The summed E-state index contributed by atoms with van der Waals surface area (Å²) in [6, 6.07) is 2.02. The predicted octanol–water partition coefficient (Wildman–Crippen LogP) is 4.47. The molecule has 20 heavy (non-hydrogen) atoms. The maximum absolute atomic E-state index is 5.84. The fourth-order valence-electron chi connectivity index (χ4n) is 2.10. The van der Waals surface area contributed by atoms with E-state index >= 15 is 0 Å². The van der Waals surface area contributed by atoms with Crippen LogP contribution in [0.25, 0.3) is 10.2 Å². The molecular formula is C15H23N3OS. The smallest absolute Gasteiger partial charge is 0.227 e. The number of hydrogen-bond donors (Lipinski definition) is 1. The van der Waals surface area contributed by atoms with E-state index in [1.807, 2.05) is 18.5 Å². The van der Waals surface area contributed by atoms with Crippen LogP contribution < -0.4 is 10.1 Å². The number of nitrogens with one attached hydrogen (secondary N) is 1. The van der Waals surface area contributed by atoms with Crippen molar-refractivity contribution in [2.75, 3.05) is 19.0 Å². The molecule has 0 bridgehead atoms. The zero-order chi connectivity index (χ0) is 14.2. The molecule has 5 heteroatoms. The average molecular weight is 293 g/mol. The zero-order valence-corrected chi connectivity index (χ0v) is 13.1. The Hall–Kier alpha value is -1.36. The van der Waals surface area contributed by atoms with Crippen molar-refractivity contribution in [1.29, 1.82) is 0 Å². The Morgan fingerprint density at radius 3 is 2.75 bits per heavy atom. The molecule has 0 fully saturated rings. The summed E-state index contributed by atoms with van der Waals surface area (Å²) < 4.78 is 5.84. The van der Waals surface area contributed by atoms with Crippen LogP contribution in [0.4, 0.5) is 5.95 Å². The second kappa shape index (κ2) is 8.04. The summed E-state index contributed by atoms with van der Waals surface area (Å²) in [6.07, 6.45) is 7.60. The van der Waals surface area contributed by atoms with E-state index in [1.54, 1.807) is 11.3 Å². The number of hydrogen-bond acceptors (Lipinski definition) is 5. The first-order valence-electron chi connectivity index (χ1n) is 7.41. The van der Waals surface area contributed by atoms with Crippen LogP contribution in [-0.4, -0.2) is 23.6 Å². The van der Waals surface area contributed by atoms with Gasteiger partial charge in [-0.3, -0.25) is 0 Å². The normalized spacial score (nSPS) is 10.9. The predicted molar refractivity (Wildman–Crippen MR) is 85.8 cm³/mol. The van der Waals surface area contributed by atoms with E-state index in [0.717, 1.165) is 23.2 Å². The minimum atomic E-state index is 0.623. The number of ether oxygens (including phenoxy) is 1. The largest absolute Gasteiger partial charge is 0.477 e. The van der Waals surface area contributed by atoms with Crippen molar-refractivity contribution in [2.45, 2.75) is 45.4 Å². The van der Waals surface area contributed by atoms with Crippen molar-refractivity contribution in [3.05, 3.63) is 11.4 Å². The second-order valence-electron chi connectivity index (χ2n) is 4.86. The van der Waals surface area contributed by atoms with Crippen molar-refractivity contribution in [3.63, 3.8) is 0 Å². The molecule has 2 rings (SSSR count). The van der Waals surface area contributed by atoms with Crippen LogP contribution in [0.2, 0.25) is 0 Å². The fraction of sp³-hybridized carbons (Fsp3) is 0.600. The Morgan fingerprint density at radius 2 is 1.95 bits per heavy atom.